The predicted molar refractivity (Wildman–Crippen MR) is 92.6 cm³/mol. The van der Waals surface area contributed by atoms with E-state index in [-0.39, 0.29) is 11.6 Å². The zero-order valence-corrected chi connectivity index (χ0v) is 14.9. The minimum atomic E-state index is 0.0958. The molecule has 0 saturated heterocycles. The molecule has 7 nitrogen and oxygen atoms in total. The number of nitrogens with one attached hydrogen (secondary N) is 3. The second kappa shape index (κ2) is 9.14. The largest absolute Gasteiger partial charge is 0.411 e. The van der Waals surface area contributed by atoms with Gasteiger partial charge in [-0.25, -0.2) is 0 Å². The molecular weight excluding hydrogens is 308 g/mol. The first kappa shape index (κ1) is 19.8. The molecule has 0 radical (unpaired) electrons. The molecule has 2 rings (SSSR count). The minimum Gasteiger partial charge on any atom is -0.411 e. The van der Waals surface area contributed by atoms with E-state index in [4.69, 9.17) is 4.84 Å². The average molecular weight is 335 g/mol. The Balaban J connectivity index is 0.000000243. The molecule has 0 fully saturated rings. The maximum atomic E-state index is 10.3. The maximum Gasteiger partial charge on any atom is 0.253 e. The smallest absolute Gasteiger partial charge is 0.253 e. The average Bonchev–Trinajstić information content (AvgIpc) is 3.05. The van der Waals surface area contributed by atoms with Gasteiger partial charge in [-0.05, 0) is 18.7 Å². The molecule has 1 heterocycles. The zero-order chi connectivity index (χ0) is 18.2. The molecule has 1 aromatic rings. The monoisotopic (exact) mass is 335 g/mol. The van der Waals surface area contributed by atoms with Crippen LogP contribution >= 0.6 is 0 Å². The third kappa shape index (κ3) is 6.47. The van der Waals surface area contributed by atoms with Gasteiger partial charge in [0, 0.05) is 41.2 Å². The number of allylic oxidation sites excluding steroid dienone is 1. The molecule has 1 unspecified atom stereocenters. The Kier molecular flexibility index (Phi) is 7.54. The van der Waals surface area contributed by atoms with Crippen molar-refractivity contribution in [3.8, 4) is 0 Å². The molecule has 1 aliphatic heterocycles. The molecule has 1 atom stereocenters. The van der Waals surface area contributed by atoms with Crippen molar-refractivity contribution in [3.05, 3.63) is 46.6 Å². The quantitative estimate of drug-likeness (QED) is 0.692. The molecule has 132 valence electrons. The van der Waals surface area contributed by atoms with Gasteiger partial charge in [-0.2, -0.15) is 0 Å². The summed E-state index contributed by atoms with van der Waals surface area (Å²) in [6.07, 6.45) is 2.96. The highest BCUT2D eigenvalue weighted by molar-refractivity contribution is 5.47. The predicted octanol–water partition coefficient (Wildman–Crippen LogP) is 0.750. The van der Waals surface area contributed by atoms with Gasteiger partial charge in [-0.3, -0.25) is 10.1 Å². The van der Waals surface area contributed by atoms with Crippen LogP contribution in [-0.4, -0.2) is 31.6 Å². The SMILES string of the molecule is CN(C=O)Cc1cccc([NH+]=O)c1.CNC1C=C(C(C)(C)C)ON1. The lowest BCUT2D eigenvalue weighted by Crippen LogP contribution is -2.55. The topological polar surface area (TPSA) is 84.6 Å². The van der Waals surface area contributed by atoms with Crippen molar-refractivity contribution in [2.45, 2.75) is 33.5 Å². The lowest BCUT2D eigenvalue weighted by atomic mass is 9.94. The maximum absolute atomic E-state index is 10.3. The number of nitrogens with zero attached hydrogens (tertiary/aromatic N) is 1. The Hall–Kier alpha value is -2.25. The van der Waals surface area contributed by atoms with Gasteiger partial charge >= 0.3 is 0 Å². The third-order valence-corrected chi connectivity index (χ3v) is 3.32. The van der Waals surface area contributed by atoms with Gasteiger partial charge in [0.25, 0.3) is 5.69 Å². The van der Waals surface area contributed by atoms with E-state index in [2.05, 4.69) is 37.6 Å². The molecule has 0 spiro atoms. The van der Waals surface area contributed by atoms with Crippen molar-refractivity contribution < 1.29 is 14.8 Å². The van der Waals surface area contributed by atoms with E-state index >= 15 is 0 Å². The Bertz CT molecular complexity index is 581. The number of amides is 1. The molecule has 24 heavy (non-hydrogen) atoms. The van der Waals surface area contributed by atoms with E-state index in [1.54, 1.807) is 30.4 Å². The van der Waals surface area contributed by atoms with E-state index in [0.29, 0.717) is 12.2 Å². The first-order valence-corrected chi connectivity index (χ1v) is 7.74. The normalized spacial score (nSPS) is 16.4. The van der Waals surface area contributed by atoms with Crippen LogP contribution in [0.25, 0.3) is 0 Å². The van der Waals surface area contributed by atoms with E-state index in [0.717, 1.165) is 17.7 Å². The number of likely N-dealkylation sites (N-methyl/N-ethyl adjacent to an activating group) is 1. The van der Waals surface area contributed by atoms with Crippen molar-refractivity contribution in [3.63, 3.8) is 0 Å². The summed E-state index contributed by atoms with van der Waals surface area (Å²) in [5.41, 5.74) is 4.39. The van der Waals surface area contributed by atoms with Crippen LogP contribution in [0.3, 0.4) is 0 Å². The highest BCUT2D eigenvalue weighted by Crippen LogP contribution is 2.27. The molecule has 0 bridgehead atoms. The summed E-state index contributed by atoms with van der Waals surface area (Å²) in [5.74, 6) is 0.997. The van der Waals surface area contributed by atoms with Crippen LogP contribution in [0, 0.1) is 10.3 Å². The first-order chi connectivity index (χ1) is 11.3. The van der Waals surface area contributed by atoms with Gasteiger partial charge in [0.05, 0.1) is 0 Å². The summed E-state index contributed by atoms with van der Waals surface area (Å²) in [6.45, 7) is 6.88. The Morgan fingerprint density at radius 2 is 2.12 bits per heavy atom. The van der Waals surface area contributed by atoms with E-state index in [1.807, 2.05) is 13.1 Å². The molecule has 0 aromatic heterocycles. The van der Waals surface area contributed by atoms with Crippen molar-refractivity contribution in [1.82, 2.24) is 15.7 Å². The lowest BCUT2D eigenvalue weighted by molar-refractivity contribution is -0.379. The van der Waals surface area contributed by atoms with Gasteiger partial charge < -0.3 is 9.74 Å². The van der Waals surface area contributed by atoms with E-state index in [9.17, 15) is 9.70 Å². The highest BCUT2D eigenvalue weighted by Gasteiger charge is 2.25. The minimum absolute atomic E-state index is 0.0958. The van der Waals surface area contributed by atoms with Gasteiger partial charge in [-0.15, -0.1) is 5.48 Å². The van der Waals surface area contributed by atoms with Crippen LogP contribution in [0.5, 0.6) is 0 Å². The van der Waals surface area contributed by atoms with Gasteiger partial charge in [0.1, 0.15) is 11.9 Å². The second-order valence-corrected chi connectivity index (χ2v) is 6.59. The van der Waals surface area contributed by atoms with Crippen LogP contribution in [0.2, 0.25) is 0 Å². The van der Waals surface area contributed by atoms with Crippen molar-refractivity contribution in [2.75, 3.05) is 14.1 Å². The number of rotatable bonds is 5. The number of carbonyl (C=O) groups excluding carboxylic acids is 1. The molecule has 1 amide bonds. The standard InChI is InChI=1S/C9H10N2O2.C8H16N2O/c1-11(7-12)6-8-3-2-4-9(5-8)10-13;1-8(2,3)6-5-7(9-4)10-11-6/h2-5,7H,6H2,1H3;5,7,9-10H,1-4H3/p+1. The number of carbonyl (C=O) groups is 1. The molecule has 1 aromatic carbocycles. The van der Waals surface area contributed by atoms with E-state index in [1.165, 1.54) is 4.90 Å². The molecule has 7 heteroatoms. The molecular formula is C17H27N4O3+. The summed E-state index contributed by atoms with van der Waals surface area (Å²) in [5, 5.41) is 4.86. The van der Waals surface area contributed by atoms with Crippen LogP contribution in [-0.2, 0) is 16.2 Å². The molecule has 0 saturated carbocycles. The van der Waals surface area contributed by atoms with Crippen LogP contribution in [0.4, 0.5) is 5.69 Å². The fraction of sp³-hybridized carbons (Fsp3) is 0.471. The number of hydroxylamine groups is 1. The second-order valence-electron chi connectivity index (χ2n) is 6.59. The number of hydrogen-bond donors (Lipinski definition) is 3. The fourth-order valence-electron chi connectivity index (χ4n) is 1.95. The first-order valence-electron chi connectivity index (χ1n) is 7.74. The van der Waals surface area contributed by atoms with Gasteiger partial charge in [0.2, 0.25) is 6.41 Å². The summed E-state index contributed by atoms with van der Waals surface area (Å²) in [4.78, 5) is 27.4. The van der Waals surface area contributed by atoms with Gasteiger partial charge in [-0.1, -0.05) is 32.9 Å². The molecule has 0 aliphatic carbocycles. The number of benzene rings is 1. The van der Waals surface area contributed by atoms with Crippen LogP contribution in [0.1, 0.15) is 26.3 Å². The molecule has 3 N–H and O–H groups in total. The number of hydrogen-bond acceptors (Lipinski definition) is 5. The summed E-state index contributed by atoms with van der Waals surface area (Å²) in [7, 11) is 3.58. The number of nitroso groups, excluding NO2 is 1. The summed E-state index contributed by atoms with van der Waals surface area (Å²) < 4.78 is 0. The van der Waals surface area contributed by atoms with Gasteiger partial charge in [0.15, 0.2) is 0 Å². The van der Waals surface area contributed by atoms with E-state index < -0.39 is 0 Å². The lowest BCUT2D eigenvalue weighted by Gasteiger charge is -2.17. The summed E-state index contributed by atoms with van der Waals surface area (Å²) >= 11 is 0. The van der Waals surface area contributed by atoms with Crippen molar-refractivity contribution >= 4 is 12.1 Å². The van der Waals surface area contributed by atoms with Crippen molar-refractivity contribution in [2.24, 2.45) is 5.41 Å². The Labute approximate surface area is 143 Å². The van der Waals surface area contributed by atoms with Crippen LogP contribution < -0.4 is 16.0 Å². The molecule has 1 aliphatic rings. The Morgan fingerprint density at radius 1 is 1.42 bits per heavy atom. The zero-order valence-electron chi connectivity index (χ0n) is 14.9. The van der Waals surface area contributed by atoms with Crippen LogP contribution in [0.15, 0.2) is 36.1 Å². The Morgan fingerprint density at radius 3 is 2.58 bits per heavy atom. The summed E-state index contributed by atoms with van der Waals surface area (Å²) in [6, 6.07) is 7.03. The fourth-order valence-corrected chi connectivity index (χ4v) is 1.95. The highest BCUT2D eigenvalue weighted by atomic mass is 16.7. The third-order valence-electron chi connectivity index (χ3n) is 3.32. The van der Waals surface area contributed by atoms with Crippen molar-refractivity contribution in [1.29, 1.82) is 0 Å².